The molecule has 1 N–H and O–H groups in total. The summed E-state index contributed by atoms with van der Waals surface area (Å²) in [6.45, 7) is 2.49. The van der Waals surface area contributed by atoms with Gasteiger partial charge in [-0.25, -0.2) is 8.42 Å². The topological polar surface area (TPSA) is 84.9 Å². The number of ether oxygens (including phenoxy) is 2. The minimum atomic E-state index is -3.69. The maximum absolute atomic E-state index is 12.7. The van der Waals surface area contributed by atoms with Gasteiger partial charge in [-0.3, -0.25) is 9.10 Å². The third-order valence-electron chi connectivity index (χ3n) is 3.86. The van der Waals surface area contributed by atoms with Crippen LogP contribution in [-0.4, -0.2) is 41.6 Å². The van der Waals surface area contributed by atoms with E-state index in [-0.39, 0.29) is 17.4 Å². The maximum atomic E-state index is 12.7. The number of anilines is 1. The summed E-state index contributed by atoms with van der Waals surface area (Å²) >= 11 is 0. The van der Waals surface area contributed by atoms with E-state index in [4.69, 9.17) is 9.47 Å². The average molecular weight is 392 g/mol. The molecule has 1 amide bonds. The van der Waals surface area contributed by atoms with Gasteiger partial charge in [0.05, 0.1) is 17.7 Å². The molecular formula is C19H24N2O5S. The van der Waals surface area contributed by atoms with Crippen LogP contribution in [0.1, 0.15) is 13.3 Å². The fourth-order valence-corrected chi connectivity index (χ4v) is 3.46. The van der Waals surface area contributed by atoms with Gasteiger partial charge in [0.1, 0.15) is 11.5 Å². The minimum Gasteiger partial charge on any atom is -0.497 e. The number of sulfonamides is 1. The second-order valence-electron chi connectivity index (χ2n) is 5.78. The largest absolute Gasteiger partial charge is 0.497 e. The van der Waals surface area contributed by atoms with E-state index in [1.165, 1.54) is 30.6 Å². The number of hydrogen-bond acceptors (Lipinski definition) is 5. The zero-order valence-corrected chi connectivity index (χ0v) is 16.5. The number of rotatable bonds is 9. The van der Waals surface area contributed by atoms with E-state index >= 15 is 0 Å². The molecule has 146 valence electrons. The van der Waals surface area contributed by atoms with Crippen molar-refractivity contribution < 1.29 is 22.7 Å². The quantitative estimate of drug-likeness (QED) is 0.708. The number of nitrogens with one attached hydrogen (secondary N) is 1. The molecule has 0 aliphatic rings. The van der Waals surface area contributed by atoms with E-state index in [0.717, 1.165) is 6.42 Å². The van der Waals surface area contributed by atoms with Crippen LogP contribution < -0.4 is 19.1 Å². The standard InChI is InChI=1S/C19H24N2O5S/c1-4-13-20-19(22)14-26-17-7-5-15(6-8-17)21(2)27(23,24)18-11-9-16(25-3)10-12-18/h5-12H,4,13-14H2,1-3H3,(H,20,22). The van der Waals surface area contributed by atoms with E-state index < -0.39 is 10.0 Å². The molecule has 0 bridgehead atoms. The van der Waals surface area contributed by atoms with Gasteiger partial charge in [-0.15, -0.1) is 0 Å². The maximum Gasteiger partial charge on any atom is 0.264 e. The summed E-state index contributed by atoms with van der Waals surface area (Å²) in [4.78, 5) is 11.7. The molecule has 0 radical (unpaired) electrons. The van der Waals surface area contributed by atoms with Gasteiger partial charge in [-0.05, 0) is 55.0 Å². The summed E-state index contributed by atoms with van der Waals surface area (Å²) in [5.74, 6) is 0.877. The van der Waals surface area contributed by atoms with Crippen molar-refractivity contribution >= 4 is 21.6 Å². The Hall–Kier alpha value is -2.74. The van der Waals surface area contributed by atoms with Gasteiger partial charge in [-0.1, -0.05) is 6.92 Å². The number of benzene rings is 2. The molecule has 2 rings (SSSR count). The van der Waals surface area contributed by atoms with Crippen molar-refractivity contribution in [2.45, 2.75) is 18.2 Å². The molecule has 0 atom stereocenters. The number of methoxy groups -OCH3 is 1. The van der Waals surface area contributed by atoms with Crippen LogP contribution in [0.5, 0.6) is 11.5 Å². The van der Waals surface area contributed by atoms with E-state index in [1.54, 1.807) is 36.4 Å². The molecule has 2 aromatic rings. The third-order valence-corrected chi connectivity index (χ3v) is 5.66. The summed E-state index contributed by atoms with van der Waals surface area (Å²) in [6, 6.07) is 12.7. The fraction of sp³-hybridized carbons (Fsp3) is 0.316. The van der Waals surface area contributed by atoms with Gasteiger partial charge in [0.15, 0.2) is 6.61 Å². The lowest BCUT2D eigenvalue weighted by Crippen LogP contribution is -2.29. The second-order valence-corrected chi connectivity index (χ2v) is 7.75. The first-order valence-corrected chi connectivity index (χ1v) is 9.95. The van der Waals surface area contributed by atoms with Gasteiger partial charge in [0, 0.05) is 13.6 Å². The van der Waals surface area contributed by atoms with Crippen LogP contribution >= 0.6 is 0 Å². The first kappa shape index (κ1) is 20.6. The highest BCUT2D eigenvalue weighted by molar-refractivity contribution is 7.92. The molecule has 2 aromatic carbocycles. The smallest absolute Gasteiger partial charge is 0.264 e. The van der Waals surface area contributed by atoms with Gasteiger partial charge in [-0.2, -0.15) is 0 Å². The Morgan fingerprint density at radius 2 is 1.63 bits per heavy atom. The molecule has 0 fully saturated rings. The predicted molar refractivity (Wildman–Crippen MR) is 104 cm³/mol. The van der Waals surface area contributed by atoms with E-state index in [2.05, 4.69) is 5.32 Å². The number of hydrogen-bond donors (Lipinski definition) is 1. The monoisotopic (exact) mass is 392 g/mol. The zero-order chi connectivity index (χ0) is 19.9. The summed E-state index contributed by atoms with van der Waals surface area (Å²) in [6.07, 6.45) is 0.857. The van der Waals surface area contributed by atoms with Gasteiger partial charge in [0.2, 0.25) is 0 Å². The lowest BCUT2D eigenvalue weighted by atomic mass is 10.3. The van der Waals surface area contributed by atoms with Gasteiger partial charge >= 0.3 is 0 Å². The molecule has 8 heteroatoms. The third kappa shape index (κ3) is 5.37. The molecule has 0 unspecified atom stereocenters. The highest BCUT2D eigenvalue weighted by atomic mass is 32.2. The number of carbonyl (C=O) groups excluding carboxylic acids is 1. The van der Waals surface area contributed by atoms with Crippen molar-refractivity contribution in [3.8, 4) is 11.5 Å². The van der Waals surface area contributed by atoms with Crippen LogP contribution in [-0.2, 0) is 14.8 Å². The summed E-state index contributed by atoms with van der Waals surface area (Å²) in [7, 11) is -0.693. The van der Waals surface area contributed by atoms with Crippen LogP contribution in [0.15, 0.2) is 53.4 Å². The van der Waals surface area contributed by atoms with Crippen LogP contribution in [0.4, 0.5) is 5.69 Å². The average Bonchev–Trinajstić information content (AvgIpc) is 2.70. The lowest BCUT2D eigenvalue weighted by molar-refractivity contribution is -0.123. The highest BCUT2D eigenvalue weighted by Gasteiger charge is 2.21. The van der Waals surface area contributed by atoms with Crippen molar-refractivity contribution in [2.24, 2.45) is 0 Å². The van der Waals surface area contributed by atoms with Crippen molar-refractivity contribution in [3.05, 3.63) is 48.5 Å². The molecule has 0 saturated heterocycles. The molecule has 0 aliphatic heterocycles. The van der Waals surface area contributed by atoms with Crippen LogP contribution in [0.2, 0.25) is 0 Å². The SMILES string of the molecule is CCCNC(=O)COc1ccc(N(C)S(=O)(=O)c2ccc(OC)cc2)cc1. The number of nitrogens with zero attached hydrogens (tertiary/aromatic N) is 1. The normalized spacial score (nSPS) is 10.9. The Balaban J connectivity index is 2.05. The number of carbonyl (C=O) groups is 1. The molecule has 0 spiro atoms. The lowest BCUT2D eigenvalue weighted by Gasteiger charge is -2.20. The Kier molecular flexibility index (Phi) is 7.06. The van der Waals surface area contributed by atoms with Crippen molar-refractivity contribution in [2.75, 3.05) is 31.6 Å². The van der Waals surface area contributed by atoms with E-state index in [1.807, 2.05) is 6.92 Å². The molecule has 27 heavy (non-hydrogen) atoms. The molecule has 0 aromatic heterocycles. The highest BCUT2D eigenvalue weighted by Crippen LogP contribution is 2.25. The Labute approximate surface area is 160 Å². The predicted octanol–water partition coefficient (Wildman–Crippen LogP) is 2.43. The fourth-order valence-electron chi connectivity index (χ4n) is 2.26. The molecule has 0 heterocycles. The Morgan fingerprint density at radius 1 is 1.04 bits per heavy atom. The summed E-state index contributed by atoms with van der Waals surface area (Å²) < 4.78 is 37.1. The summed E-state index contributed by atoms with van der Waals surface area (Å²) in [5.41, 5.74) is 0.480. The molecule has 0 saturated carbocycles. The van der Waals surface area contributed by atoms with E-state index in [9.17, 15) is 13.2 Å². The second kappa shape index (κ2) is 9.27. The number of amides is 1. The first-order valence-electron chi connectivity index (χ1n) is 8.51. The minimum absolute atomic E-state index is 0.0840. The Morgan fingerprint density at radius 3 is 2.19 bits per heavy atom. The van der Waals surface area contributed by atoms with Crippen LogP contribution in [0, 0.1) is 0 Å². The van der Waals surface area contributed by atoms with Crippen molar-refractivity contribution in [3.63, 3.8) is 0 Å². The molecule has 0 aliphatic carbocycles. The molecular weight excluding hydrogens is 368 g/mol. The summed E-state index contributed by atoms with van der Waals surface area (Å²) in [5, 5.41) is 2.72. The Bertz CT molecular complexity index is 849. The van der Waals surface area contributed by atoms with Gasteiger partial charge in [0.25, 0.3) is 15.9 Å². The van der Waals surface area contributed by atoms with Gasteiger partial charge < -0.3 is 14.8 Å². The van der Waals surface area contributed by atoms with Crippen molar-refractivity contribution in [1.82, 2.24) is 5.32 Å². The van der Waals surface area contributed by atoms with Crippen LogP contribution in [0.25, 0.3) is 0 Å². The van der Waals surface area contributed by atoms with Crippen LogP contribution in [0.3, 0.4) is 0 Å². The van der Waals surface area contributed by atoms with E-state index in [0.29, 0.717) is 23.7 Å². The van der Waals surface area contributed by atoms with Crippen molar-refractivity contribution in [1.29, 1.82) is 0 Å². The molecule has 7 nitrogen and oxygen atoms in total. The zero-order valence-electron chi connectivity index (χ0n) is 15.6. The first-order chi connectivity index (χ1) is 12.9.